The zero-order valence-corrected chi connectivity index (χ0v) is 13.4. The molecule has 2 rings (SSSR count). The van der Waals surface area contributed by atoms with Gasteiger partial charge in [-0.05, 0) is 37.2 Å². The van der Waals surface area contributed by atoms with Gasteiger partial charge in [0.2, 0.25) is 0 Å². The molecule has 0 bridgehead atoms. The maximum atomic E-state index is 10.4. The first-order valence-electron chi connectivity index (χ1n) is 7.35. The van der Waals surface area contributed by atoms with E-state index in [1.165, 1.54) is 5.56 Å². The molecule has 2 aromatic rings. The predicted octanol–water partition coefficient (Wildman–Crippen LogP) is 4.12. The summed E-state index contributed by atoms with van der Waals surface area (Å²) < 4.78 is 5.20. The Morgan fingerprint density at radius 2 is 1.82 bits per heavy atom. The quantitative estimate of drug-likeness (QED) is 0.814. The highest BCUT2D eigenvalue weighted by molar-refractivity contribution is 5.63. The topological polar surface area (TPSA) is 32.7 Å². The predicted molar refractivity (Wildman–Crippen MR) is 91.0 cm³/mol. The van der Waals surface area contributed by atoms with Crippen LogP contribution in [0.4, 0.5) is 0 Å². The van der Waals surface area contributed by atoms with E-state index in [0.29, 0.717) is 12.3 Å². The summed E-state index contributed by atoms with van der Waals surface area (Å²) in [5.74, 6) is 1.06. The van der Waals surface area contributed by atoms with Gasteiger partial charge < -0.3 is 9.84 Å². The maximum absolute atomic E-state index is 10.4. The molecule has 0 fully saturated rings. The first-order valence-corrected chi connectivity index (χ1v) is 7.35. The molecule has 3 heteroatoms. The number of benzene rings is 2. The van der Waals surface area contributed by atoms with Crippen LogP contribution >= 0.6 is 0 Å². The lowest BCUT2D eigenvalue weighted by atomic mass is 10.1. The molecule has 0 atom stereocenters. The van der Waals surface area contributed by atoms with E-state index in [2.05, 4.69) is 24.1 Å². The summed E-state index contributed by atoms with van der Waals surface area (Å²) in [5.41, 5.74) is 2.98. The van der Waals surface area contributed by atoms with Gasteiger partial charge in [0.1, 0.15) is 11.5 Å². The molecular weight excluding hydrogens is 274 g/mol. The molecule has 0 amide bonds. The van der Waals surface area contributed by atoms with Gasteiger partial charge in [0, 0.05) is 18.7 Å². The number of ether oxygens (including phenoxy) is 1. The molecule has 0 aromatic heterocycles. The van der Waals surface area contributed by atoms with Crippen LogP contribution in [-0.2, 0) is 6.54 Å². The molecule has 0 unspecified atom stereocenters. The highest BCUT2D eigenvalue weighted by Crippen LogP contribution is 2.21. The van der Waals surface area contributed by atoms with Crippen molar-refractivity contribution in [1.82, 2.24) is 4.90 Å². The number of nitrogens with zero attached hydrogens (tertiary/aromatic N) is 1. The Morgan fingerprint density at radius 3 is 2.50 bits per heavy atom. The number of aliphatic hydroxyl groups excluding tert-OH is 1. The molecular formula is C19H23NO2. The van der Waals surface area contributed by atoms with Crippen molar-refractivity contribution in [3.05, 3.63) is 71.3 Å². The fourth-order valence-corrected chi connectivity index (χ4v) is 2.45. The third kappa shape index (κ3) is 4.37. The molecule has 0 spiro atoms. The molecule has 0 aliphatic heterocycles. The molecule has 2 aromatic carbocycles. The van der Waals surface area contributed by atoms with Gasteiger partial charge in [-0.15, -0.1) is 0 Å². The molecule has 0 heterocycles. The van der Waals surface area contributed by atoms with Gasteiger partial charge in [0.15, 0.2) is 0 Å². The van der Waals surface area contributed by atoms with E-state index in [4.69, 9.17) is 4.74 Å². The zero-order chi connectivity index (χ0) is 15.9. The standard InChI is InChI=1S/C19H23NO2/c1-15(13-20(2)14-16-8-5-4-6-9-16)19(21)17-10-7-11-18(12-17)22-3/h4-12,21H,13-14H2,1-3H3. The van der Waals surface area contributed by atoms with Crippen LogP contribution in [0.1, 0.15) is 18.1 Å². The molecule has 116 valence electrons. The Morgan fingerprint density at radius 1 is 1.09 bits per heavy atom. The Bertz CT molecular complexity index is 635. The third-order valence-corrected chi connectivity index (χ3v) is 3.55. The minimum absolute atomic E-state index is 0.318. The Hall–Kier alpha value is -2.26. The van der Waals surface area contributed by atoms with E-state index >= 15 is 0 Å². The van der Waals surface area contributed by atoms with E-state index in [-0.39, 0.29) is 0 Å². The van der Waals surface area contributed by atoms with E-state index in [1.54, 1.807) is 7.11 Å². The fraction of sp³-hybridized carbons (Fsp3) is 0.263. The van der Waals surface area contributed by atoms with Gasteiger partial charge in [0.05, 0.1) is 7.11 Å². The summed E-state index contributed by atoms with van der Waals surface area (Å²) >= 11 is 0. The van der Waals surface area contributed by atoms with Crippen molar-refractivity contribution in [2.45, 2.75) is 13.5 Å². The van der Waals surface area contributed by atoms with Crippen LogP contribution in [0, 0.1) is 0 Å². The molecule has 0 saturated carbocycles. The number of hydrogen-bond donors (Lipinski definition) is 1. The summed E-state index contributed by atoms with van der Waals surface area (Å²) in [6.07, 6.45) is 0. The van der Waals surface area contributed by atoms with E-state index < -0.39 is 0 Å². The van der Waals surface area contributed by atoms with Gasteiger partial charge in [-0.25, -0.2) is 0 Å². The molecule has 22 heavy (non-hydrogen) atoms. The number of rotatable bonds is 6. The molecule has 3 nitrogen and oxygen atoms in total. The Labute approximate surface area is 132 Å². The summed E-state index contributed by atoms with van der Waals surface area (Å²) in [6, 6.07) is 17.8. The fourth-order valence-electron chi connectivity index (χ4n) is 2.45. The lowest BCUT2D eigenvalue weighted by Crippen LogP contribution is -2.20. The van der Waals surface area contributed by atoms with Crippen molar-refractivity contribution >= 4 is 5.76 Å². The van der Waals surface area contributed by atoms with Crippen LogP contribution in [-0.4, -0.2) is 30.7 Å². The van der Waals surface area contributed by atoms with Crippen molar-refractivity contribution < 1.29 is 9.84 Å². The number of aliphatic hydroxyl groups is 1. The van der Waals surface area contributed by atoms with Crippen LogP contribution in [0.15, 0.2) is 60.2 Å². The van der Waals surface area contributed by atoms with Crippen LogP contribution < -0.4 is 4.74 Å². The van der Waals surface area contributed by atoms with Crippen LogP contribution in [0.3, 0.4) is 0 Å². The summed E-state index contributed by atoms with van der Waals surface area (Å²) in [4.78, 5) is 2.18. The van der Waals surface area contributed by atoms with Crippen molar-refractivity contribution in [2.75, 3.05) is 20.7 Å². The smallest absolute Gasteiger partial charge is 0.123 e. The third-order valence-electron chi connectivity index (χ3n) is 3.55. The normalized spacial score (nSPS) is 12.2. The second kappa shape index (κ2) is 7.66. The van der Waals surface area contributed by atoms with Gasteiger partial charge in [0.25, 0.3) is 0 Å². The average molecular weight is 297 g/mol. The van der Waals surface area contributed by atoms with Gasteiger partial charge in [-0.2, -0.15) is 0 Å². The van der Waals surface area contributed by atoms with Gasteiger partial charge >= 0.3 is 0 Å². The molecule has 0 saturated heterocycles. The average Bonchev–Trinajstić information content (AvgIpc) is 2.55. The minimum Gasteiger partial charge on any atom is -0.507 e. The largest absolute Gasteiger partial charge is 0.507 e. The Kier molecular flexibility index (Phi) is 5.61. The van der Waals surface area contributed by atoms with Crippen molar-refractivity contribution in [3.8, 4) is 5.75 Å². The minimum atomic E-state index is 0.318. The van der Waals surface area contributed by atoms with Crippen molar-refractivity contribution in [2.24, 2.45) is 0 Å². The summed E-state index contributed by atoms with van der Waals surface area (Å²) in [6.45, 7) is 3.51. The lowest BCUT2D eigenvalue weighted by Gasteiger charge is -2.18. The monoisotopic (exact) mass is 297 g/mol. The van der Waals surface area contributed by atoms with Crippen molar-refractivity contribution in [1.29, 1.82) is 0 Å². The van der Waals surface area contributed by atoms with Crippen LogP contribution in [0.5, 0.6) is 5.75 Å². The van der Waals surface area contributed by atoms with Gasteiger partial charge in [-0.3, -0.25) is 4.90 Å². The molecule has 0 aliphatic carbocycles. The van der Waals surface area contributed by atoms with Gasteiger partial charge in [-0.1, -0.05) is 42.5 Å². The molecule has 1 N–H and O–H groups in total. The van der Waals surface area contributed by atoms with E-state index in [0.717, 1.165) is 23.4 Å². The molecule has 0 aliphatic rings. The number of methoxy groups -OCH3 is 1. The SMILES string of the molecule is COc1cccc(C(O)=C(C)CN(C)Cc2ccccc2)c1. The number of likely N-dealkylation sites (N-methyl/N-ethyl adjacent to an activating group) is 1. The van der Waals surface area contributed by atoms with Crippen LogP contribution in [0.25, 0.3) is 5.76 Å². The molecule has 0 radical (unpaired) electrons. The van der Waals surface area contributed by atoms with E-state index in [1.807, 2.05) is 49.4 Å². The zero-order valence-electron chi connectivity index (χ0n) is 13.4. The highest BCUT2D eigenvalue weighted by atomic mass is 16.5. The van der Waals surface area contributed by atoms with E-state index in [9.17, 15) is 5.11 Å². The number of hydrogen-bond acceptors (Lipinski definition) is 3. The summed E-state index contributed by atoms with van der Waals surface area (Å²) in [7, 11) is 3.68. The maximum Gasteiger partial charge on any atom is 0.123 e. The second-order valence-electron chi connectivity index (χ2n) is 5.52. The lowest BCUT2D eigenvalue weighted by molar-refractivity contribution is 0.351. The van der Waals surface area contributed by atoms with Crippen LogP contribution in [0.2, 0.25) is 0 Å². The summed E-state index contributed by atoms with van der Waals surface area (Å²) in [5, 5.41) is 10.4. The first-order chi connectivity index (χ1) is 10.6. The first kappa shape index (κ1) is 16.1. The second-order valence-corrected chi connectivity index (χ2v) is 5.52. The highest BCUT2D eigenvalue weighted by Gasteiger charge is 2.08. The van der Waals surface area contributed by atoms with Crippen molar-refractivity contribution in [3.63, 3.8) is 0 Å². The Balaban J connectivity index is 2.06.